The minimum atomic E-state index is -4.57. The Morgan fingerprint density at radius 1 is 1.40 bits per heavy atom. The number of alkyl halides is 3. The fourth-order valence-electron chi connectivity index (χ4n) is 0.444. The Hall–Kier alpha value is -0.710. The molecule has 0 bridgehead atoms. The summed E-state index contributed by atoms with van der Waals surface area (Å²) < 4.78 is 37.8. The molecule has 5 heteroatoms. The van der Waals surface area contributed by atoms with Gasteiger partial charge in [0.05, 0.1) is 0 Å². The van der Waals surface area contributed by atoms with E-state index in [1.54, 1.807) is 0 Å². The molecule has 0 aliphatic heterocycles. The number of thiophene rings is 1. The zero-order valence-corrected chi connectivity index (χ0v) is 5.50. The first-order valence-corrected chi connectivity index (χ1v) is 3.30. The van der Waals surface area contributed by atoms with Crippen molar-refractivity contribution in [1.29, 1.82) is 0 Å². The number of rotatable bonds is 1. The molecule has 0 amide bonds. The lowest BCUT2D eigenvalue weighted by atomic mass is 10.6. The van der Waals surface area contributed by atoms with Crippen LogP contribution in [0, 0.1) is 0 Å². The molecule has 0 saturated heterocycles. The van der Waals surface area contributed by atoms with Crippen LogP contribution in [0.4, 0.5) is 13.2 Å². The van der Waals surface area contributed by atoms with E-state index in [0.29, 0.717) is 0 Å². The maximum atomic E-state index is 11.4. The molecule has 10 heavy (non-hydrogen) atoms. The highest BCUT2D eigenvalue weighted by Gasteiger charge is 2.30. The van der Waals surface area contributed by atoms with Gasteiger partial charge in [-0.3, -0.25) is 0 Å². The van der Waals surface area contributed by atoms with Crippen LogP contribution < -0.4 is 4.74 Å². The zero-order valence-electron chi connectivity index (χ0n) is 4.68. The van der Waals surface area contributed by atoms with E-state index in [2.05, 4.69) is 4.74 Å². The molecule has 0 spiro atoms. The Kier molecular flexibility index (Phi) is 1.85. The van der Waals surface area contributed by atoms with E-state index in [9.17, 15) is 13.2 Å². The van der Waals surface area contributed by atoms with Crippen LogP contribution in [0.1, 0.15) is 0 Å². The van der Waals surface area contributed by atoms with Gasteiger partial charge >= 0.3 is 6.36 Å². The normalized spacial score (nSPS) is 11.5. The first-order chi connectivity index (χ1) is 4.58. The fourth-order valence-corrected chi connectivity index (χ4v) is 0.996. The van der Waals surface area contributed by atoms with E-state index in [1.807, 2.05) is 0 Å². The van der Waals surface area contributed by atoms with Gasteiger partial charge in [-0.15, -0.1) is 24.5 Å². The van der Waals surface area contributed by atoms with Crippen molar-refractivity contribution < 1.29 is 17.9 Å². The van der Waals surface area contributed by atoms with E-state index >= 15 is 0 Å². The second kappa shape index (κ2) is 2.49. The predicted octanol–water partition coefficient (Wildman–Crippen LogP) is 2.65. The maximum Gasteiger partial charge on any atom is 0.573 e. The molecule has 0 unspecified atom stereocenters. The lowest BCUT2D eigenvalue weighted by molar-refractivity contribution is -0.274. The summed E-state index contributed by atoms with van der Waals surface area (Å²) in [5, 5.41) is 2.80. The van der Waals surface area contributed by atoms with Crippen molar-refractivity contribution in [3.63, 3.8) is 0 Å². The predicted molar refractivity (Wildman–Crippen MR) is 31.0 cm³/mol. The quantitative estimate of drug-likeness (QED) is 0.626. The smallest absolute Gasteiger partial charge is 0.405 e. The van der Waals surface area contributed by atoms with Gasteiger partial charge in [0.15, 0.2) is 0 Å². The molecule has 1 rings (SSSR count). The molecular weight excluding hydrogens is 165 g/mol. The summed E-state index contributed by atoms with van der Waals surface area (Å²) in [4.78, 5) is 0. The molecule has 0 radical (unpaired) electrons. The molecule has 0 aliphatic rings. The fraction of sp³-hybridized carbons (Fsp3) is 0.200. The van der Waals surface area contributed by atoms with E-state index < -0.39 is 6.36 Å². The van der Waals surface area contributed by atoms with Crippen molar-refractivity contribution in [1.82, 2.24) is 0 Å². The van der Waals surface area contributed by atoms with Crippen molar-refractivity contribution in [3.8, 4) is 5.75 Å². The van der Waals surface area contributed by atoms with Crippen LogP contribution in [-0.4, -0.2) is 6.36 Å². The minimum absolute atomic E-state index is 0.155. The number of hydrogen-bond acceptors (Lipinski definition) is 2. The summed E-state index contributed by atoms with van der Waals surface area (Å²) in [6.07, 6.45) is -4.57. The molecule has 0 aromatic carbocycles. The molecular formula is C5H3F3OS. The van der Waals surface area contributed by atoms with Gasteiger partial charge in [0.25, 0.3) is 0 Å². The van der Waals surface area contributed by atoms with Crippen molar-refractivity contribution in [2.45, 2.75) is 6.36 Å². The first-order valence-electron chi connectivity index (χ1n) is 2.36. The number of ether oxygens (including phenoxy) is 1. The Morgan fingerprint density at radius 2 is 2.10 bits per heavy atom. The van der Waals surface area contributed by atoms with Gasteiger partial charge in [0, 0.05) is 5.38 Å². The SMILES string of the molecule is FC(F)(F)Oc1ccsc1. The van der Waals surface area contributed by atoms with Gasteiger partial charge in [-0.1, -0.05) is 0 Å². The molecule has 0 saturated carbocycles. The highest BCUT2D eigenvalue weighted by Crippen LogP contribution is 2.24. The highest BCUT2D eigenvalue weighted by molar-refractivity contribution is 7.08. The largest absolute Gasteiger partial charge is 0.573 e. The topological polar surface area (TPSA) is 9.23 Å². The molecule has 0 fully saturated rings. The molecule has 56 valence electrons. The second-order valence-corrected chi connectivity index (χ2v) is 2.29. The average Bonchev–Trinajstić information content (AvgIpc) is 2.12. The van der Waals surface area contributed by atoms with Crippen LogP contribution in [0.15, 0.2) is 16.8 Å². The minimum Gasteiger partial charge on any atom is -0.405 e. The molecule has 1 aromatic rings. The van der Waals surface area contributed by atoms with Crippen LogP contribution >= 0.6 is 11.3 Å². The van der Waals surface area contributed by atoms with Crippen LogP contribution in [0.3, 0.4) is 0 Å². The summed E-state index contributed by atoms with van der Waals surface area (Å²) in [6, 6.07) is 1.26. The van der Waals surface area contributed by atoms with Gasteiger partial charge in [-0.05, 0) is 11.4 Å². The first kappa shape index (κ1) is 7.40. The van der Waals surface area contributed by atoms with E-state index in [1.165, 1.54) is 16.8 Å². The third kappa shape index (κ3) is 2.26. The average molecular weight is 168 g/mol. The van der Waals surface area contributed by atoms with Gasteiger partial charge < -0.3 is 4.74 Å². The molecule has 0 aliphatic carbocycles. The van der Waals surface area contributed by atoms with E-state index in [4.69, 9.17) is 0 Å². The Labute approximate surface area is 59.0 Å². The zero-order chi connectivity index (χ0) is 7.61. The summed E-state index contributed by atoms with van der Waals surface area (Å²) in [5.74, 6) is -0.155. The molecule has 1 nitrogen and oxygen atoms in total. The Bertz CT molecular complexity index is 191. The lowest BCUT2D eigenvalue weighted by Gasteiger charge is -2.04. The number of hydrogen-bond donors (Lipinski definition) is 0. The monoisotopic (exact) mass is 168 g/mol. The van der Waals surface area contributed by atoms with Gasteiger partial charge in [0.2, 0.25) is 0 Å². The molecule has 0 atom stereocenters. The van der Waals surface area contributed by atoms with Crippen LogP contribution in [0.25, 0.3) is 0 Å². The summed E-state index contributed by atoms with van der Waals surface area (Å²) >= 11 is 1.16. The second-order valence-electron chi connectivity index (χ2n) is 1.51. The van der Waals surface area contributed by atoms with Crippen molar-refractivity contribution in [2.24, 2.45) is 0 Å². The van der Waals surface area contributed by atoms with Crippen LogP contribution in [0.2, 0.25) is 0 Å². The highest BCUT2D eigenvalue weighted by atomic mass is 32.1. The summed E-state index contributed by atoms with van der Waals surface area (Å²) in [5.41, 5.74) is 0. The molecule has 1 heterocycles. The summed E-state index contributed by atoms with van der Waals surface area (Å²) in [6.45, 7) is 0. The maximum absolute atomic E-state index is 11.4. The van der Waals surface area contributed by atoms with E-state index in [-0.39, 0.29) is 5.75 Å². The third-order valence-corrected chi connectivity index (χ3v) is 1.39. The standard InChI is InChI=1S/C5H3F3OS/c6-5(7,8)9-4-1-2-10-3-4/h1-3H. The third-order valence-electron chi connectivity index (χ3n) is 0.729. The van der Waals surface area contributed by atoms with Gasteiger partial charge in [-0.25, -0.2) is 0 Å². The molecule has 0 N–H and O–H groups in total. The van der Waals surface area contributed by atoms with Crippen LogP contribution in [0.5, 0.6) is 5.75 Å². The van der Waals surface area contributed by atoms with Crippen LogP contribution in [-0.2, 0) is 0 Å². The van der Waals surface area contributed by atoms with Crippen molar-refractivity contribution in [3.05, 3.63) is 16.8 Å². The lowest BCUT2D eigenvalue weighted by Crippen LogP contribution is -2.16. The van der Waals surface area contributed by atoms with Crippen molar-refractivity contribution >= 4 is 11.3 Å². The van der Waals surface area contributed by atoms with E-state index in [0.717, 1.165) is 11.3 Å². The Balaban J connectivity index is 2.57. The van der Waals surface area contributed by atoms with Gasteiger partial charge in [-0.2, -0.15) is 0 Å². The Morgan fingerprint density at radius 3 is 2.50 bits per heavy atom. The summed E-state index contributed by atoms with van der Waals surface area (Å²) in [7, 11) is 0. The number of halogens is 3. The molecule has 1 aromatic heterocycles. The van der Waals surface area contributed by atoms with Crippen molar-refractivity contribution in [2.75, 3.05) is 0 Å². The van der Waals surface area contributed by atoms with Gasteiger partial charge in [0.1, 0.15) is 5.75 Å².